The van der Waals surface area contributed by atoms with Gasteiger partial charge in [0.1, 0.15) is 18.5 Å². The lowest BCUT2D eigenvalue weighted by Crippen LogP contribution is -2.40. The summed E-state index contributed by atoms with van der Waals surface area (Å²) in [6, 6.07) is 7.47. The molecule has 0 spiro atoms. The quantitative estimate of drug-likeness (QED) is 0.663. The Balaban J connectivity index is 1.86. The molecule has 2 amide bonds. The summed E-state index contributed by atoms with van der Waals surface area (Å²) in [6.07, 6.45) is 1.25. The number of aromatic nitrogens is 2. The molecule has 0 aliphatic carbocycles. The van der Waals surface area contributed by atoms with Crippen LogP contribution in [-0.2, 0) is 20.9 Å². The Labute approximate surface area is 185 Å². The first-order chi connectivity index (χ1) is 14.8. The number of para-hydroxylation sites is 2. The Morgan fingerprint density at radius 3 is 2.45 bits per heavy atom. The van der Waals surface area contributed by atoms with Gasteiger partial charge in [-0.2, -0.15) is 0 Å². The number of amides is 2. The number of ether oxygens (including phenoxy) is 1. The summed E-state index contributed by atoms with van der Waals surface area (Å²) in [7, 11) is 0. The van der Waals surface area contributed by atoms with Crippen LogP contribution in [0.1, 0.15) is 59.3 Å². The van der Waals surface area contributed by atoms with Gasteiger partial charge in [0.05, 0.1) is 17.1 Å². The molecule has 2 unspecified atom stereocenters. The number of carbonyl (C=O) groups is 2. The predicted octanol–water partition coefficient (Wildman–Crippen LogP) is 3.53. The first-order valence-electron chi connectivity index (χ1n) is 11.4. The molecule has 1 saturated heterocycles. The van der Waals surface area contributed by atoms with E-state index in [1.54, 1.807) is 0 Å². The Bertz CT molecular complexity index is 889. The fourth-order valence-corrected chi connectivity index (χ4v) is 4.14. The molecule has 2 aromatic rings. The molecule has 1 aliphatic rings. The maximum Gasteiger partial charge on any atom is 0.249 e. The van der Waals surface area contributed by atoms with Gasteiger partial charge in [-0.05, 0) is 43.7 Å². The molecule has 0 saturated carbocycles. The van der Waals surface area contributed by atoms with Gasteiger partial charge in [-0.3, -0.25) is 9.59 Å². The average molecular weight is 429 g/mol. The summed E-state index contributed by atoms with van der Waals surface area (Å²) in [5, 5.41) is 3.03. The van der Waals surface area contributed by atoms with Gasteiger partial charge < -0.3 is 19.5 Å². The number of fused-ring (bicyclic) bond motifs is 1. The summed E-state index contributed by atoms with van der Waals surface area (Å²) in [4.78, 5) is 32.6. The van der Waals surface area contributed by atoms with Gasteiger partial charge in [-0.25, -0.2) is 4.98 Å². The number of benzene rings is 1. The third kappa shape index (κ3) is 5.85. The van der Waals surface area contributed by atoms with Crippen molar-refractivity contribution >= 4 is 22.8 Å². The summed E-state index contributed by atoms with van der Waals surface area (Å²) in [5.41, 5.74) is 1.72. The zero-order valence-corrected chi connectivity index (χ0v) is 19.4. The van der Waals surface area contributed by atoms with Crippen molar-refractivity contribution in [2.45, 2.75) is 66.2 Å². The normalized spacial score (nSPS) is 17.5. The first-order valence-corrected chi connectivity index (χ1v) is 11.4. The second kappa shape index (κ2) is 10.3. The molecular weight excluding hydrogens is 392 g/mol. The minimum absolute atomic E-state index is 0.0736. The number of hydrogen-bond donors (Lipinski definition) is 1. The lowest BCUT2D eigenvalue weighted by Gasteiger charge is -2.27. The molecule has 1 aromatic heterocycles. The molecular formula is C24H36N4O3. The highest BCUT2D eigenvalue weighted by atomic mass is 16.5. The zero-order valence-electron chi connectivity index (χ0n) is 19.4. The smallest absolute Gasteiger partial charge is 0.249 e. The van der Waals surface area contributed by atoms with Crippen LogP contribution >= 0.6 is 0 Å². The van der Waals surface area contributed by atoms with Crippen molar-refractivity contribution in [1.29, 1.82) is 0 Å². The number of rotatable bonds is 9. The monoisotopic (exact) mass is 428 g/mol. The average Bonchev–Trinajstić information content (AvgIpc) is 3.35. The van der Waals surface area contributed by atoms with Gasteiger partial charge in [0, 0.05) is 19.7 Å². The van der Waals surface area contributed by atoms with Crippen LogP contribution in [0.15, 0.2) is 24.3 Å². The summed E-state index contributed by atoms with van der Waals surface area (Å²) in [6.45, 7) is 12.7. The van der Waals surface area contributed by atoms with E-state index in [1.807, 2.05) is 40.7 Å². The van der Waals surface area contributed by atoms with E-state index in [0.29, 0.717) is 24.3 Å². The molecule has 7 nitrogen and oxygen atoms in total. The van der Waals surface area contributed by atoms with Crippen molar-refractivity contribution in [2.24, 2.45) is 11.8 Å². The topological polar surface area (TPSA) is 76.5 Å². The van der Waals surface area contributed by atoms with Crippen molar-refractivity contribution in [3.63, 3.8) is 0 Å². The van der Waals surface area contributed by atoms with Crippen LogP contribution in [0.4, 0.5) is 0 Å². The van der Waals surface area contributed by atoms with Crippen molar-refractivity contribution < 1.29 is 14.3 Å². The molecule has 0 radical (unpaired) electrons. The molecule has 0 bridgehead atoms. The molecule has 170 valence electrons. The second-order valence-corrected chi connectivity index (χ2v) is 9.36. The Kier molecular flexibility index (Phi) is 7.70. The van der Waals surface area contributed by atoms with Crippen LogP contribution in [0.2, 0.25) is 0 Å². The lowest BCUT2D eigenvalue weighted by atomic mass is 10.1. The van der Waals surface area contributed by atoms with Gasteiger partial charge in [0.15, 0.2) is 0 Å². The van der Waals surface area contributed by atoms with Gasteiger partial charge in [0.2, 0.25) is 11.8 Å². The van der Waals surface area contributed by atoms with Crippen LogP contribution in [0, 0.1) is 11.8 Å². The number of carbonyl (C=O) groups excluding carboxylic acids is 2. The standard InChI is InChI=1S/C24H36N4O3/c1-16(2)13-27(14-17(3)4)22(29)15-28-20-10-7-6-9-19(20)26-23(28)18(5)25-24(30)21-11-8-12-31-21/h6-7,9-10,16-18,21H,8,11-15H2,1-5H3,(H,25,30). The van der Waals surface area contributed by atoms with Crippen molar-refractivity contribution in [3.05, 3.63) is 30.1 Å². The van der Waals surface area contributed by atoms with E-state index in [2.05, 4.69) is 33.0 Å². The molecule has 7 heteroatoms. The molecule has 2 heterocycles. The van der Waals surface area contributed by atoms with E-state index >= 15 is 0 Å². The van der Waals surface area contributed by atoms with E-state index in [4.69, 9.17) is 9.72 Å². The molecule has 1 fully saturated rings. The van der Waals surface area contributed by atoms with Crippen molar-refractivity contribution in [3.8, 4) is 0 Å². The maximum atomic E-state index is 13.3. The zero-order chi connectivity index (χ0) is 22.5. The fraction of sp³-hybridized carbons (Fsp3) is 0.625. The third-order valence-electron chi connectivity index (χ3n) is 5.47. The van der Waals surface area contributed by atoms with E-state index in [0.717, 1.165) is 37.0 Å². The highest BCUT2D eigenvalue weighted by Gasteiger charge is 2.27. The number of nitrogens with one attached hydrogen (secondary N) is 1. The van der Waals surface area contributed by atoms with Crippen LogP contribution in [0.5, 0.6) is 0 Å². The highest BCUT2D eigenvalue weighted by molar-refractivity contribution is 5.83. The highest BCUT2D eigenvalue weighted by Crippen LogP contribution is 2.22. The van der Waals surface area contributed by atoms with Crippen molar-refractivity contribution in [2.75, 3.05) is 19.7 Å². The summed E-state index contributed by atoms with van der Waals surface area (Å²) >= 11 is 0. The Hall–Kier alpha value is -2.41. The minimum atomic E-state index is -0.394. The van der Waals surface area contributed by atoms with E-state index in [9.17, 15) is 9.59 Å². The second-order valence-electron chi connectivity index (χ2n) is 9.36. The van der Waals surface area contributed by atoms with Gasteiger partial charge in [-0.1, -0.05) is 39.8 Å². The van der Waals surface area contributed by atoms with Crippen LogP contribution in [0.25, 0.3) is 11.0 Å². The van der Waals surface area contributed by atoms with Gasteiger partial charge in [0.25, 0.3) is 0 Å². The summed E-state index contributed by atoms with van der Waals surface area (Å²) < 4.78 is 7.46. The van der Waals surface area contributed by atoms with Gasteiger partial charge in [-0.15, -0.1) is 0 Å². The molecule has 1 aromatic carbocycles. The van der Waals surface area contributed by atoms with E-state index < -0.39 is 6.10 Å². The number of nitrogens with zero attached hydrogens (tertiary/aromatic N) is 3. The van der Waals surface area contributed by atoms with E-state index in [-0.39, 0.29) is 24.4 Å². The van der Waals surface area contributed by atoms with Crippen molar-refractivity contribution in [1.82, 2.24) is 19.8 Å². The van der Waals surface area contributed by atoms with Crippen LogP contribution in [0.3, 0.4) is 0 Å². The van der Waals surface area contributed by atoms with Crippen LogP contribution < -0.4 is 5.32 Å². The van der Waals surface area contributed by atoms with Gasteiger partial charge >= 0.3 is 0 Å². The third-order valence-corrected chi connectivity index (χ3v) is 5.47. The Morgan fingerprint density at radius 1 is 1.16 bits per heavy atom. The fourth-order valence-electron chi connectivity index (χ4n) is 4.14. The Morgan fingerprint density at radius 2 is 1.84 bits per heavy atom. The summed E-state index contributed by atoms with van der Waals surface area (Å²) in [5.74, 6) is 1.44. The largest absolute Gasteiger partial charge is 0.368 e. The predicted molar refractivity (Wildman–Crippen MR) is 122 cm³/mol. The molecule has 1 N–H and O–H groups in total. The SMILES string of the molecule is CC(C)CN(CC(C)C)C(=O)Cn1c(C(C)NC(=O)C2CCCO2)nc2ccccc21. The molecule has 2 atom stereocenters. The molecule has 1 aliphatic heterocycles. The maximum absolute atomic E-state index is 13.3. The van der Waals surface area contributed by atoms with E-state index in [1.165, 1.54) is 0 Å². The van der Waals surface area contributed by atoms with Crippen LogP contribution in [-0.4, -0.2) is 52.1 Å². The minimum Gasteiger partial charge on any atom is -0.368 e. The molecule has 3 rings (SSSR count). The number of imidazole rings is 1. The first kappa shape index (κ1) is 23.3. The lowest BCUT2D eigenvalue weighted by molar-refractivity contribution is -0.132. The molecule has 31 heavy (non-hydrogen) atoms. The number of hydrogen-bond acceptors (Lipinski definition) is 4.